The molecule has 0 aliphatic carbocycles. The van der Waals surface area contributed by atoms with Crippen molar-refractivity contribution in [3.8, 4) is 0 Å². The van der Waals surface area contributed by atoms with Crippen molar-refractivity contribution < 1.29 is 23.6 Å². The Morgan fingerprint density at radius 1 is 1.19 bits per heavy atom. The number of nitrogens with zero attached hydrogens (tertiary/aromatic N) is 1. The molecule has 4 rings (SSSR count). The van der Waals surface area contributed by atoms with Crippen molar-refractivity contribution >= 4 is 40.9 Å². The molecule has 0 saturated carbocycles. The fourth-order valence-electron chi connectivity index (χ4n) is 3.81. The van der Waals surface area contributed by atoms with Gasteiger partial charge in [-0.3, -0.25) is 24.5 Å². The summed E-state index contributed by atoms with van der Waals surface area (Å²) in [4.78, 5) is 50.0. The van der Waals surface area contributed by atoms with E-state index >= 15 is 0 Å². The molecule has 2 aromatic rings. The van der Waals surface area contributed by atoms with Crippen LogP contribution in [0.5, 0.6) is 0 Å². The lowest BCUT2D eigenvalue weighted by Crippen LogP contribution is -2.52. The summed E-state index contributed by atoms with van der Waals surface area (Å²) in [6, 6.07) is 8.70. The number of benzene rings is 2. The number of fused-ring (bicyclic) bond motifs is 1. The molecule has 2 aliphatic heterocycles. The van der Waals surface area contributed by atoms with E-state index < -0.39 is 17.8 Å². The van der Waals surface area contributed by atoms with Crippen molar-refractivity contribution in [1.29, 1.82) is 0 Å². The van der Waals surface area contributed by atoms with Gasteiger partial charge in [-0.25, -0.2) is 4.39 Å². The number of piperidine rings is 1. The Balaban J connectivity index is 1.38. The Hall–Kier alpha value is -3.26. The molecular formula is C22H19ClFN3O4. The number of hydrogen-bond acceptors (Lipinski definition) is 4. The Kier molecular flexibility index (Phi) is 5.73. The quantitative estimate of drug-likeness (QED) is 0.694. The number of nitrogens with one attached hydrogen (secondary N) is 2. The molecule has 1 fully saturated rings. The van der Waals surface area contributed by atoms with Gasteiger partial charge in [0.05, 0.1) is 5.02 Å². The summed E-state index contributed by atoms with van der Waals surface area (Å²) in [5, 5.41) is 4.87. The molecule has 0 bridgehead atoms. The molecule has 1 atom stereocenters. The number of carbonyl (C=O) groups is 4. The van der Waals surface area contributed by atoms with E-state index in [-0.39, 0.29) is 35.6 Å². The molecule has 1 saturated heterocycles. The van der Waals surface area contributed by atoms with Crippen molar-refractivity contribution in [1.82, 2.24) is 10.2 Å². The van der Waals surface area contributed by atoms with E-state index in [0.29, 0.717) is 30.6 Å². The predicted molar refractivity (Wildman–Crippen MR) is 111 cm³/mol. The fourth-order valence-corrected chi connectivity index (χ4v) is 3.99. The van der Waals surface area contributed by atoms with Gasteiger partial charge in [-0.2, -0.15) is 0 Å². The number of hydrogen-bond donors (Lipinski definition) is 2. The molecule has 2 aromatic carbocycles. The van der Waals surface area contributed by atoms with E-state index in [4.69, 9.17) is 11.6 Å². The number of amides is 4. The highest BCUT2D eigenvalue weighted by Gasteiger charge is 2.39. The second-order valence-electron chi connectivity index (χ2n) is 7.57. The summed E-state index contributed by atoms with van der Waals surface area (Å²) in [7, 11) is 0. The zero-order valence-corrected chi connectivity index (χ0v) is 17.2. The fraction of sp³-hybridized carbons (Fsp3) is 0.273. The highest BCUT2D eigenvalue weighted by atomic mass is 35.5. The zero-order valence-electron chi connectivity index (χ0n) is 16.4. The minimum atomic E-state index is -0.658. The number of carbonyl (C=O) groups excluding carboxylic acids is 4. The summed E-state index contributed by atoms with van der Waals surface area (Å²) >= 11 is 5.72. The van der Waals surface area contributed by atoms with Crippen molar-refractivity contribution in [3.63, 3.8) is 0 Å². The Morgan fingerprint density at radius 2 is 2.00 bits per heavy atom. The lowest BCUT2D eigenvalue weighted by molar-refractivity contribution is -0.137. The second kappa shape index (κ2) is 8.47. The first-order valence-electron chi connectivity index (χ1n) is 9.83. The topological polar surface area (TPSA) is 95.6 Å². The highest BCUT2D eigenvalue weighted by molar-refractivity contribution is 6.31. The lowest BCUT2D eigenvalue weighted by Gasteiger charge is -2.29. The normalized spacial score (nSPS) is 18.1. The van der Waals surface area contributed by atoms with Crippen LogP contribution >= 0.6 is 11.6 Å². The monoisotopic (exact) mass is 443 g/mol. The van der Waals surface area contributed by atoms with Crippen LogP contribution in [0.25, 0.3) is 0 Å². The molecule has 0 aromatic heterocycles. The van der Waals surface area contributed by atoms with Gasteiger partial charge in [0.1, 0.15) is 11.9 Å². The summed E-state index contributed by atoms with van der Waals surface area (Å²) < 4.78 is 13.2. The van der Waals surface area contributed by atoms with E-state index in [9.17, 15) is 23.6 Å². The van der Waals surface area contributed by atoms with Crippen LogP contribution in [0, 0.1) is 5.82 Å². The first kappa shape index (κ1) is 21.0. The van der Waals surface area contributed by atoms with Gasteiger partial charge < -0.3 is 10.2 Å². The molecule has 9 heteroatoms. The molecule has 31 heavy (non-hydrogen) atoms. The van der Waals surface area contributed by atoms with Crippen LogP contribution in [-0.4, -0.2) is 34.6 Å². The van der Waals surface area contributed by atoms with Crippen LogP contribution in [0.2, 0.25) is 5.02 Å². The van der Waals surface area contributed by atoms with E-state index in [0.717, 1.165) is 11.1 Å². The third kappa shape index (κ3) is 4.44. The van der Waals surface area contributed by atoms with Gasteiger partial charge in [0.25, 0.3) is 5.91 Å². The van der Waals surface area contributed by atoms with Crippen molar-refractivity contribution in [2.75, 3.05) is 5.32 Å². The van der Waals surface area contributed by atoms with Crippen molar-refractivity contribution in [2.24, 2.45) is 0 Å². The number of halogens is 2. The lowest BCUT2D eigenvalue weighted by atomic mass is 10.0. The van der Waals surface area contributed by atoms with Gasteiger partial charge in [0.15, 0.2) is 0 Å². The smallest absolute Gasteiger partial charge is 0.255 e. The Morgan fingerprint density at radius 3 is 2.74 bits per heavy atom. The maximum atomic E-state index is 13.2. The Labute approximate surface area is 182 Å². The van der Waals surface area contributed by atoms with Crippen LogP contribution in [0.4, 0.5) is 10.1 Å². The molecule has 160 valence electrons. The first-order chi connectivity index (χ1) is 14.8. The van der Waals surface area contributed by atoms with Gasteiger partial charge in [-0.15, -0.1) is 0 Å². The molecule has 0 radical (unpaired) electrons. The maximum absolute atomic E-state index is 13.2. The standard InChI is InChI=1S/C22H19ClFN3O4/c23-16-10-14(4-5-17(16)24)25-19(28)7-2-12-1-3-13-11-27(22(31)15(13)9-12)18-6-8-20(29)26-21(18)30/h1,3-5,9-10,18H,2,6-8,11H2,(H,25,28)(H,26,29,30). The van der Waals surface area contributed by atoms with Crippen molar-refractivity contribution in [3.05, 3.63) is 63.9 Å². The van der Waals surface area contributed by atoms with Gasteiger partial charge in [-0.1, -0.05) is 23.7 Å². The van der Waals surface area contributed by atoms with Gasteiger partial charge in [0.2, 0.25) is 17.7 Å². The number of aryl methyl sites for hydroxylation is 1. The average molecular weight is 444 g/mol. The summed E-state index contributed by atoms with van der Waals surface area (Å²) in [6.07, 6.45) is 1.08. The summed E-state index contributed by atoms with van der Waals surface area (Å²) in [5.41, 5.74) is 2.53. The van der Waals surface area contributed by atoms with Crippen LogP contribution in [0.1, 0.15) is 40.7 Å². The molecular weight excluding hydrogens is 425 g/mol. The second-order valence-corrected chi connectivity index (χ2v) is 7.98. The van der Waals surface area contributed by atoms with Crippen molar-refractivity contribution in [2.45, 2.75) is 38.3 Å². The van der Waals surface area contributed by atoms with Crippen LogP contribution in [-0.2, 0) is 27.3 Å². The third-order valence-corrected chi connectivity index (χ3v) is 5.73. The Bertz CT molecular complexity index is 1100. The number of imide groups is 1. The first-order valence-corrected chi connectivity index (χ1v) is 10.2. The molecule has 2 heterocycles. The van der Waals surface area contributed by atoms with Gasteiger partial charge in [0, 0.05) is 30.6 Å². The number of rotatable bonds is 5. The summed E-state index contributed by atoms with van der Waals surface area (Å²) in [5.74, 6) is -1.85. The maximum Gasteiger partial charge on any atom is 0.255 e. The molecule has 2 aliphatic rings. The largest absolute Gasteiger partial charge is 0.326 e. The van der Waals surface area contributed by atoms with Gasteiger partial charge >= 0.3 is 0 Å². The molecule has 4 amide bonds. The van der Waals surface area contributed by atoms with E-state index in [1.807, 2.05) is 12.1 Å². The predicted octanol–water partition coefficient (Wildman–Crippen LogP) is 2.81. The van der Waals surface area contributed by atoms with Crippen LogP contribution in [0.15, 0.2) is 36.4 Å². The molecule has 1 unspecified atom stereocenters. The minimum Gasteiger partial charge on any atom is -0.326 e. The van der Waals surface area contributed by atoms with Gasteiger partial charge in [-0.05, 0) is 48.2 Å². The van der Waals surface area contributed by atoms with E-state index in [1.54, 1.807) is 6.07 Å². The average Bonchev–Trinajstić information content (AvgIpc) is 3.05. The molecule has 2 N–H and O–H groups in total. The third-order valence-electron chi connectivity index (χ3n) is 5.44. The zero-order chi connectivity index (χ0) is 22.1. The number of anilines is 1. The summed E-state index contributed by atoms with van der Waals surface area (Å²) in [6.45, 7) is 0.312. The SMILES string of the molecule is O=C1CCC(N2Cc3ccc(CCC(=O)Nc4ccc(F)c(Cl)c4)cc3C2=O)C(=O)N1. The molecule has 0 spiro atoms. The van der Waals surface area contributed by atoms with Crippen LogP contribution in [0.3, 0.4) is 0 Å². The van der Waals surface area contributed by atoms with Crippen LogP contribution < -0.4 is 10.6 Å². The highest BCUT2D eigenvalue weighted by Crippen LogP contribution is 2.28. The molecule has 7 nitrogen and oxygen atoms in total. The van der Waals surface area contributed by atoms with E-state index in [2.05, 4.69) is 10.6 Å². The van der Waals surface area contributed by atoms with E-state index in [1.165, 1.54) is 23.1 Å². The minimum absolute atomic E-state index is 0.0736.